The Morgan fingerprint density at radius 1 is 1.19 bits per heavy atom. The van der Waals surface area contributed by atoms with Crippen LogP contribution in [0.4, 0.5) is 17.1 Å². The van der Waals surface area contributed by atoms with E-state index in [2.05, 4.69) is 25.9 Å². The third kappa shape index (κ3) is 5.26. The number of nitrogens with zero attached hydrogens (tertiary/aromatic N) is 6. The van der Waals surface area contributed by atoms with Crippen LogP contribution in [0.15, 0.2) is 42.5 Å². The Balaban J connectivity index is 1.24. The number of amides is 1. The molecule has 0 radical (unpaired) electrons. The van der Waals surface area contributed by atoms with E-state index in [9.17, 15) is 14.9 Å². The first kappa shape index (κ1) is 24.7. The second kappa shape index (κ2) is 10.5. The van der Waals surface area contributed by atoms with Gasteiger partial charge in [0.1, 0.15) is 10.7 Å². The van der Waals surface area contributed by atoms with Gasteiger partial charge in [-0.05, 0) is 48.6 Å². The molecule has 0 unspecified atom stereocenters. The van der Waals surface area contributed by atoms with Crippen molar-refractivity contribution in [3.63, 3.8) is 0 Å². The van der Waals surface area contributed by atoms with Crippen LogP contribution in [0.5, 0.6) is 0 Å². The molecule has 14 heteroatoms. The predicted molar refractivity (Wildman–Crippen MR) is 143 cm³/mol. The van der Waals surface area contributed by atoms with Crippen molar-refractivity contribution in [2.45, 2.75) is 13.3 Å². The number of ether oxygens (including phenoxy) is 1. The number of fused-ring (bicyclic) bond motifs is 1. The fourth-order valence-electron chi connectivity index (χ4n) is 3.91. The van der Waals surface area contributed by atoms with Crippen LogP contribution in [0.25, 0.3) is 15.5 Å². The van der Waals surface area contributed by atoms with Gasteiger partial charge in [-0.2, -0.15) is 9.61 Å². The first-order chi connectivity index (χ1) is 17.9. The number of thiocarbonyl (C=S) groups is 1. The normalized spacial score (nSPS) is 13.5. The maximum absolute atomic E-state index is 12.7. The summed E-state index contributed by atoms with van der Waals surface area (Å²) in [7, 11) is 0. The van der Waals surface area contributed by atoms with E-state index in [1.807, 2.05) is 36.1 Å². The number of carbonyl (C=O) groups is 1. The standard InChI is InChI=1S/C23H22N8O4S2/c1-2-19-26-27-23-30(19)28-21(37-23)14-3-6-16(7-4-14)24-22(36)25-20(32)15-5-8-17(18(13-15)31(33)34)29-9-11-35-12-10-29/h3-8,13H,2,9-12H2,1H3,(H2,24,25,32,36). The monoisotopic (exact) mass is 538 g/mol. The van der Waals surface area contributed by atoms with E-state index in [0.717, 1.165) is 27.8 Å². The minimum absolute atomic E-state index is 0.0732. The van der Waals surface area contributed by atoms with Crippen molar-refractivity contribution < 1.29 is 14.5 Å². The minimum atomic E-state index is -0.544. The second-order valence-corrected chi connectivity index (χ2v) is 9.48. The molecule has 2 aromatic heterocycles. The van der Waals surface area contributed by atoms with Crippen LogP contribution >= 0.6 is 23.6 Å². The molecular weight excluding hydrogens is 516 g/mol. The van der Waals surface area contributed by atoms with Crippen molar-refractivity contribution in [2.75, 3.05) is 36.5 Å². The van der Waals surface area contributed by atoms with E-state index in [1.165, 1.54) is 17.4 Å². The first-order valence-corrected chi connectivity index (χ1v) is 12.7. The minimum Gasteiger partial charge on any atom is -0.378 e. The van der Waals surface area contributed by atoms with Crippen molar-refractivity contribution in [3.05, 3.63) is 64.0 Å². The molecule has 1 fully saturated rings. The summed E-state index contributed by atoms with van der Waals surface area (Å²) in [6, 6.07) is 11.8. The molecule has 190 valence electrons. The van der Waals surface area contributed by atoms with E-state index in [0.29, 0.717) is 37.7 Å². The molecule has 1 aliphatic rings. The van der Waals surface area contributed by atoms with Crippen molar-refractivity contribution >= 4 is 56.6 Å². The van der Waals surface area contributed by atoms with Gasteiger partial charge in [0.25, 0.3) is 11.6 Å². The summed E-state index contributed by atoms with van der Waals surface area (Å²) in [6.07, 6.45) is 0.738. The molecule has 12 nitrogen and oxygen atoms in total. The van der Waals surface area contributed by atoms with Crippen molar-refractivity contribution in [1.29, 1.82) is 0 Å². The molecular formula is C23H22N8O4S2. The van der Waals surface area contributed by atoms with Gasteiger partial charge in [-0.15, -0.1) is 10.2 Å². The number of benzene rings is 2. The zero-order valence-electron chi connectivity index (χ0n) is 19.7. The molecule has 0 aliphatic carbocycles. The zero-order valence-corrected chi connectivity index (χ0v) is 21.3. The number of hydrogen-bond donors (Lipinski definition) is 2. The van der Waals surface area contributed by atoms with Crippen LogP contribution in [0.1, 0.15) is 23.1 Å². The van der Waals surface area contributed by atoms with Gasteiger partial charge in [-0.25, -0.2) is 0 Å². The van der Waals surface area contributed by atoms with Crippen LogP contribution < -0.4 is 15.5 Å². The lowest BCUT2D eigenvalue weighted by atomic mass is 10.1. The molecule has 0 spiro atoms. The maximum atomic E-state index is 12.7. The van der Waals surface area contributed by atoms with Crippen molar-refractivity contribution in [1.82, 2.24) is 25.1 Å². The Kier molecular flexibility index (Phi) is 7.03. The highest BCUT2D eigenvalue weighted by Gasteiger charge is 2.23. The number of hydrogen-bond acceptors (Lipinski definition) is 10. The third-order valence-electron chi connectivity index (χ3n) is 5.77. The topological polar surface area (TPSA) is 140 Å². The Morgan fingerprint density at radius 3 is 2.65 bits per heavy atom. The van der Waals surface area contributed by atoms with E-state index in [-0.39, 0.29) is 16.4 Å². The number of nitro groups is 1. The summed E-state index contributed by atoms with van der Waals surface area (Å²) in [5.41, 5.74) is 2.03. The van der Waals surface area contributed by atoms with Gasteiger partial charge < -0.3 is 15.0 Å². The van der Waals surface area contributed by atoms with Crippen LogP contribution in [0.3, 0.4) is 0 Å². The molecule has 2 N–H and O–H groups in total. The lowest BCUT2D eigenvalue weighted by Gasteiger charge is -2.28. The highest BCUT2D eigenvalue weighted by atomic mass is 32.1. The smallest absolute Gasteiger partial charge is 0.293 e. The van der Waals surface area contributed by atoms with Crippen molar-refractivity contribution in [2.24, 2.45) is 0 Å². The van der Waals surface area contributed by atoms with Gasteiger partial charge in [0, 0.05) is 42.4 Å². The molecule has 0 atom stereocenters. The van der Waals surface area contributed by atoms with Gasteiger partial charge >= 0.3 is 0 Å². The first-order valence-electron chi connectivity index (χ1n) is 11.5. The molecule has 0 saturated carbocycles. The SMILES string of the molecule is CCc1nnc2sc(-c3ccc(NC(=S)NC(=O)c4ccc(N5CCOCC5)c([N+](=O)[O-])c4)cc3)nn12. The molecule has 0 bridgehead atoms. The lowest BCUT2D eigenvalue weighted by molar-refractivity contribution is -0.384. The largest absolute Gasteiger partial charge is 0.378 e. The molecule has 1 aliphatic heterocycles. The van der Waals surface area contributed by atoms with Gasteiger partial charge in [0.15, 0.2) is 10.9 Å². The van der Waals surface area contributed by atoms with Crippen LogP contribution in [-0.4, -0.2) is 62.1 Å². The summed E-state index contributed by atoms with van der Waals surface area (Å²) in [4.78, 5) is 26.5. The quantitative estimate of drug-likeness (QED) is 0.213. The number of nitro benzene ring substituents is 1. The number of nitrogens with one attached hydrogen (secondary N) is 2. The van der Waals surface area contributed by atoms with Gasteiger partial charge in [0.2, 0.25) is 4.96 Å². The second-order valence-electron chi connectivity index (χ2n) is 8.12. The van der Waals surface area contributed by atoms with Crippen LogP contribution in [0, 0.1) is 10.1 Å². The number of anilines is 2. The van der Waals surface area contributed by atoms with E-state index < -0.39 is 10.8 Å². The highest BCUT2D eigenvalue weighted by molar-refractivity contribution is 7.80. The lowest BCUT2D eigenvalue weighted by Crippen LogP contribution is -2.37. The van der Waals surface area contributed by atoms with Crippen LogP contribution in [0.2, 0.25) is 0 Å². The number of carbonyl (C=O) groups excluding carboxylic acids is 1. The van der Waals surface area contributed by atoms with Crippen LogP contribution in [-0.2, 0) is 11.2 Å². The third-order valence-corrected chi connectivity index (χ3v) is 6.93. The molecule has 3 heterocycles. The molecule has 1 saturated heterocycles. The predicted octanol–water partition coefficient (Wildman–Crippen LogP) is 3.29. The molecule has 4 aromatic rings. The number of morpholine rings is 1. The molecule has 37 heavy (non-hydrogen) atoms. The fourth-order valence-corrected chi connectivity index (χ4v) is 4.99. The van der Waals surface area contributed by atoms with E-state index >= 15 is 0 Å². The summed E-state index contributed by atoms with van der Waals surface area (Å²) >= 11 is 6.73. The van der Waals surface area contributed by atoms with Crippen molar-refractivity contribution in [3.8, 4) is 10.6 Å². The highest BCUT2D eigenvalue weighted by Crippen LogP contribution is 2.30. The zero-order chi connectivity index (χ0) is 25.9. The Bertz CT molecular complexity index is 1480. The Morgan fingerprint density at radius 2 is 1.95 bits per heavy atom. The van der Waals surface area contributed by atoms with Gasteiger partial charge in [-0.1, -0.05) is 18.3 Å². The maximum Gasteiger partial charge on any atom is 0.293 e. The Labute approximate surface area is 220 Å². The average molecular weight is 539 g/mol. The summed E-state index contributed by atoms with van der Waals surface area (Å²) in [5.74, 6) is 0.259. The van der Waals surface area contributed by atoms with E-state index in [1.54, 1.807) is 16.6 Å². The molecule has 2 aromatic carbocycles. The fraction of sp³-hybridized carbons (Fsp3) is 0.261. The van der Waals surface area contributed by atoms with E-state index in [4.69, 9.17) is 17.0 Å². The Hall–Kier alpha value is -4.01. The van der Waals surface area contributed by atoms with Gasteiger partial charge in [-0.3, -0.25) is 20.2 Å². The summed E-state index contributed by atoms with van der Waals surface area (Å²) < 4.78 is 7.06. The molecule has 5 rings (SSSR count). The number of rotatable bonds is 6. The summed E-state index contributed by atoms with van der Waals surface area (Å²) in [5, 5.41) is 30.9. The summed E-state index contributed by atoms with van der Waals surface area (Å²) in [6.45, 7) is 4.09. The number of aromatic nitrogens is 4. The average Bonchev–Trinajstić information content (AvgIpc) is 3.50. The molecule has 1 amide bonds. The number of aryl methyl sites for hydroxylation is 1. The van der Waals surface area contributed by atoms with Gasteiger partial charge in [0.05, 0.1) is 18.1 Å².